The first-order valence-electron chi connectivity index (χ1n) is 7.26. The third-order valence-electron chi connectivity index (χ3n) is 4.48. The van der Waals surface area contributed by atoms with Gasteiger partial charge in [0.1, 0.15) is 11.6 Å². The quantitative estimate of drug-likeness (QED) is 0.762. The van der Waals surface area contributed by atoms with E-state index in [9.17, 15) is 9.18 Å². The van der Waals surface area contributed by atoms with Gasteiger partial charge in [-0.25, -0.2) is 4.39 Å². The standard InChI is InChI=1S/C17H22ClFO/c1-11-4-6-14(16(20)8-11)17(2,3)10-12-9-13(18)5-7-15(12)19/h5,7,9,11,14H,4,6,8,10H2,1-3H3. The second-order valence-electron chi connectivity index (χ2n) is 6.81. The van der Waals surface area contributed by atoms with E-state index in [4.69, 9.17) is 11.6 Å². The summed E-state index contributed by atoms with van der Waals surface area (Å²) in [5, 5.41) is 0.542. The Kier molecular flexibility index (Phi) is 4.53. The normalized spacial score (nSPS) is 23.9. The Bertz CT molecular complexity index is 510. The molecular formula is C17H22ClFO. The highest BCUT2D eigenvalue weighted by atomic mass is 35.5. The lowest BCUT2D eigenvalue weighted by Gasteiger charge is -2.37. The highest BCUT2D eigenvalue weighted by Gasteiger charge is 2.38. The molecule has 0 saturated heterocycles. The van der Waals surface area contributed by atoms with Gasteiger partial charge >= 0.3 is 0 Å². The molecule has 1 aliphatic rings. The molecule has 0 bridgehead atoms. The number of halogens is 2. The van der Waals surface area contributed by atoms with Crippen molar-refractivity contribution in [3.63, 3.8) is 0 Å². The van der Waals surface area contributed by atoms with Gasteiger partial charge in [-0.15, -0.1) is 0 Å². The molecule has 2 rings (SSSR count). The predicted octanol–water partition coefficient (Wildman–Crippen LogP) is 5.05. The third-order valence-corrected chi connectivity index (χ3v) is 4.72. The summed E-state index contributed by atoms with van der Waals surface area (Å²) in [5.41, 5.74) is 0.372. The molecule has 1 nitrogen and oxygen atoms in total. The fourth-order valence-corrected chi connectivity index (χ4v) is 3.51. The van der Waals surface area contributed by atoms with E-state index < -0.39 is 0 Å². The Morgan fingerprint density at radius 2 is 2.05 bits per heavy atom. The summed E-state index contributed by atoms with van der Waals surface area (Å²) in [4.78, 5) is 12.3. The molecule has 0 radical (unpaired) electrons. The van der Waals surface area contributed by atoms with Crippen LogP contribution >= 0.6 is 11.6 Å². The van der Waals surface area contributed by atoms with Crippen LogP contribution in [0, 0.1) is 23.1 Å². The SMILES string of the molecule is CC1CCC(C(C)(C)Cc2cc(Cl)ccc2F)C(=O)C1. The Morgan fingerprint density at radius 1 is 1.35 bits per heavy atom. The first-order chi connectivity index (χ1) is 9.29. The van der Waals surface area contributed by atoms with Crippen LogP contribution in [0.4, 0.5) is 4.39 Å². The average Bonchev–Trinajstić information content (AvgIpc) is 2.33. The number of benzene rings is 1. The fraction of sp³-hybridized carbons (Fsp3) is 0.588. The summed E-state index contributed by atoms with van der Waals surface area (Å²) in [7, 11) is 0. The molecule has 0 spiro atoms. The summed E-state index contributed by atoms with van der Waals surface area (Å²) >= 11 is 5.95. The van der Waals surface area contributed by atoms with Crippen LogP contribution in [0.2, 0.25) is 5.02 Å². The number of ketones is 1. The smallest absolute Gasteiger partial charge is 0.136 e. The molecule has 2 atom stereocenters. The van der Waals surface area contributed by atoms with Crippen LogP contribution in [0.25, 0.3) is 0 Å². The van der Waals surface area contributed by atoms with Gasteiger partial charge < -0.3 is 0 Å². The Balaban J connectivity index is 2.18. The molecule has 0 heterocycles. The minimum Gasteiger partial charge on any atom is -0.299 e. The Hall–Kier alpha value is -0.890. The first-order valence-corrected chi connectivity index (χ1v) is 7.64. The molecular weight excluding hydrogens is 275 g/mol. The van der Waals surface area contributed by atoms with Crippen LogP contribution in [0.3, 0.4) is 0 Å². The maximum Gasteiger partial charge on any atom is 0.136 e. The van der Waals surface area contributed by atoms with Gasteiger partial charge in [0.2, 0.25) is 0 Å². The van der Waals surface area contributed by atoms with Gasteiger partial charge in [-0.2, -0.15) is 0 Å². The summed E-state index contributed by atoms with van der Waals surface area (Å²) in [6.07, 6.45) is 3.20. The first kappa shape index (κ1) is 15.5. The molecule has 0 aromatic heterocycles. The molecule has 1 saturated carbocycles. The van der Waals surface area contributed by atoms with Crippen LogP contribution in [0.1, 0.15) is 45.6 Å². The third kappa shape index (κ3) is 3.41. The van der Waals surface area contributed by atoms with Crippen molar-refractivity contribution in [2.24, 2.45) is 17.3 Å². The molecule has 1 aromatic carbocycles. The number of Topliss-reactive ketones (excluding diaryl/α,β-unsaturated/α-hetero) is 1. The lowest BCUT2D eigenvalue weighted by atomic mass is 9.66. The molecule has 110 valence electrons. The summed E-state index contributed by atoms with van der Waals surface area (Å²) < 4.78 is 13.9. The predicted molar refractivity (Wildman–Crippen MR) is 80.4 cm³/mol. The average molecular weight is 297 g/mol. The van der Waals surface area contributed by atoms with E-state index in [2.05, 4.69) is 20.8 Å². The number of carbonyl (C=O) groups is 1. The van der Waals surface area contributed by atoms with Crippen LogP contribution in [0.15, 0.2) is 18.2 Å². The van der Waals surface area contributed by atoms with Crippen molar-refractivity contribution < 1.29 is 9.18 Å². The molecule has 1 fully saturated rings. The zero-order valence-electron chi connectivity index (χ0n) is 12.4. The molecule has 20 heavy (non-hydrogen) atoms. The van der Waals surface area contributed by atoms with E-state index in [1.807, 2.05) is 0 Å². The highest BCUT2D eigenvalue weighted by Crippen LogP contribution is 2.40. The van der Waals surface area contributed by atoms with Crippen molar-refractivity contribution in [1.82, 2.24) is 0 Å². The minimum absolute atomic E-state index is 0.0251. The lowest BCUT2D eigenvalue weighted by Crippen LogP contribution is -2.37. The van der Waals surface area contributed by atoms with Crippen LogP contribution < -0.4 is 0 Å². The van der Waals surface area contributed by atoms with Crippen molar-refractivity contribution in [3.8, 4) is 0 Å². The number of carbonyl (C=O) groups excluding carboxylic acids is 1. The zero-order valence-corrected chi connectivity index (χ0v) is 13.1. The van der Waals surface area contributed by atoms with Crippen molar-refractivity contribution in [2.75, 3.05) is 0 Å². The molecule has 0 amide bonds. The number of hydrogen-bond acceptors (Lipinski definition) is 1. The Labute approximate surface area is 125 Å². The summed E-state index contributed by atoms with van der Waals surface area (Å²) in [6.45, 7) is 6.25. The van der Waals surface area contributed by atoms with Gasteiger partial charge in [-0.1, -0.05) is 32.4 Å². The fourth-order valence-electron chi connectivity index (χ4n) is 3.32. The van der Waals surface area contributed by atoms with Crippen molar-refractivity contribution in [2.45, 2.75) is 46.5 Å². The summed E-state index contributed by atoms with van der Waals surface area (Å²) in [6, 6.07) is 4.63. The monoisotopic (exact) mass is 296 g/mol. The van der Waals surface area contributed by atoms with Crippen molar-refractivity contribution in [1.29, 1.82) is 0 Å². The number of hydrogen-bond donors (Lipinski definition) is 0. The van der Waals surface area contributed by atoms with Crippen LogP contribution in [-0.2, 0) is 11.2 Å². The van der Waals surface area contributed by atoms with Crippen LogP contribution in [0.5, 0.6) is 0 Å². The van der Waals surface area contributed by atoms with E-state index >= 15 is 0 Å². The maximum atomic E-state index is 13.9. The molecule has 1 aliphatic carbocycles. The Morgan fingerprint density at radius 3 is 2.70 bits per heavy atom. The summed E-state index contributed by atoms with van der Waals surface area (Å²) in [5.74, 6) is 0.602. The number of rotatable bonds is 3. The van der Waals surface area contributed by atoms with E-state index in [0.717, 1.165) is 12.8 Å². The highest BCUT2D eigenvalue weighted by molar-refractivity contribution is 6.30. The molecule has 2 unspecified atom stereocenters. The van der Waals surface area contributed by atoms with Gasteiger partial charge in [0.15, 0.2) is 0 Å². The van der Waals surface area contributed by atoms with Gasteiger partial charge in [-0.05, 0) is 54.4 Å². The second-order valence-corrected chi connectivity index (χ2v) is 7.24. The molecule has 0 aliphatic heterocycles. The topological polar surface area (TPSA) is 17.1 Å². The molecule has 3 heteroatoms. The maximum absolute atomic E-state index is 13.9. The van der Waals surface area contributed by atoms with Gasteiger partial charge in [-0.3, -0.25) is 4.79 Å². The zero-order chi connectivity index (χ0) is 14.9. The lowest BCUT2D eigenvalue weighted by molar-refractivity contribution is -0.129. The van der Waals surface area contributed by atoms with Crippen molar-refractivity contribution in [3.05, 3.63) is 34.6 Å². The van der Waals surface area contributed by atoms with Crippen LogP contribution in [-0.4, -0.2) is 5.78 Å². The second kappa shape index (κ2) is 5.85. The van der Waals surface area contributed by atoms with E-state index in [0.29, 0.717) is 35.1 Å². The van der Waals surface area contributed by atoms with E-state index in [-0.39, 0.29) is 17.2 Å². The van der Waals surface area contributed by atoms with Gasteiger partial charge in [0, 0.05) is 17.4 Å². The molecule has 0 N–H and O–H groups in total. The van der Waals surface area contributed by atoms with E-state index in [1.54, 1.807) is 12.1 Å². The largest absolute Gasteiger partial charge is 0.299 e. The van der Waals surface area contributed by atoms with E-state index in [1.165, 1.54) is 6.07 Å². The van der Waals surface area contributed by atoms with Crippen molar-refractivity contribution >= 4 is 17.4 Å². The molecule has 1 aromatic rings. The van der Waals surface area contributed by atoms with Gasteiger partial charge in [0.25, 0.3) is 0 Å². The minimum atomic E-state index is -0.237. The van der Waals surface area contributed by atoms with Gasteiger partial charge in [0.05, 0.1) is 0 Å².